The fourth-order valence-corrected chi connectivity index (χ4v) is 3.28. The van der Waals surface area contributed by atoms with Crippen LogP contribution in [0.25, 0.3) is 11.3 Å². The Morgan fingerprint density at radius 3 is 2.96 bits per heavy atom. The van der Waals surface area contributed by atoms with Crippen molar-refractivity contribution < 1.29 is 14.4 Å². The molecule has 0 aliphatic carbocycles. The van der Waals surface area contributed by atoms with E-state index in [1.165, 1.54) is 0 Å². The van der Waals surface area contributed by atoms with Crippen molar-refractivity contribution in [2.24, 2.45) is 0 Å². The zero-order chi connectivity index (χ0) is 16.2. The molecule has 2 aromatic rings. The number of ether oxygens (including phenoxy) is 1. The first-order chi connectivity index (χ1) is 11.2. The lowest BCUT2D eigenvalue weighted by Gasteiger charge is -2.12. The highest BCUT2D eigenvalue weighted by molar-refractivity contribution is 7.98. The number of pyridine rings is 1. The molecule has 1 atom stereocenters. The van der Waals surface area contributed by atoms with Gasteiger partial charge in [-0.25, -0.2) is 0 Å². The summed E-state index contributed by atoms with van der Waals surface area (Å²) in [7, 11) is -0.670. The van der Waals surface area contributed by atoms with Gasteiger partial charge in [-0.05, 0) is 43.8 Å². The first-order valence-corrected chi connectivity index (χ1v) is 9.01. The molecule has 0 radical (unpaired) electrons. The van der Waals surface area contributed by atoms with Crippen LogP contribution in [0.1, 0.15) is 18.5 Å². The molecule has 1 aliphatic heterocycles. The van der Waals surface area contributed by atoms with E-state index in [9.17, 15) is 5.02 Å². The molecule has 0 amide bonds. The summed E-state index contributed by atoms with van der Waals surface area (Å²) in [5, 5.41) is 9.53. The Morgan fingerprint density at radius 1 is 1.39 bits per heavy atom. The second-order valence-corrected chi connectivity index (χ2v) is 6.32. The molecule has 23 heavy (non-hydrogen) atoms. The van der Waals surface area contributed by atoms with Crippen LogP contribution in [0.4, 0.5) is 0 Å². The van der Waals surface area contributed by atoms with Gasteiger partial charge in [-0.3, -0.25) is 4.98 Å². The van der Waals surface area contributed by atoms with E-state index >= 15 is 0 Å². The molecule has 2 heterocycles. The number of hydrogen-bond donors (Lipinski definition) is 1. The van der Waals surface area contributed by atoms with E-state index in [2.05, 4.69) is 12.1 Å². The number of thioether (sulfide) groups is 1. The zero-order valence-corrected chi connectivity index (χ0v) is 14.2. The Balaban J connectivity index is 1.91. The van der Waals surface area contributed by atoms with Crippen molar-refractivity contribution >= 4 is 18.9 Å². The molecule has 0 saturated carbocycles. The lowest BCUT2D eigenvalue weighted by Crippen LogP contribution is -2.08. The van der Waals surface area contributed by atoms with E-state index < -0.39 is 7.12 Å². The average molecular weight is 329 g/mol. The van der Waals surface area contributed by atoms with Crippen LogP contribution in [0.2, 0.25) is 6.32 Å². The van der Waals surface area contributed by atoms with Gasteiger partial charge in [0.2, 0.25) is 0 Å². The molecule has 1 aromatic carbocycles. The minimum absolute atomic E-state index is 0.154. The second-order valence-electron chi connectivity index (χ2n) is 5.47. The molecule has 1 saturated heterocycles. The molecule has 0 bridgehead atoms. The topological polar surface area (TPSA) is 51.6 Å². The molecule has 0 spiro atoms. The van der Waals surface area contributed by atoms with Crippen LogP contribution in [-0.4, -0.2) is 36.6 Å². The lowest BCUT2D eigenvalue weighted by molar-refractivity contribution is 0.291. The van der Waals surface area contributed by atoms with Crippen LogP contribution in [0.5, 0.6) is 5.75 Å². The summed E-state index contributed by atoms with van der Waals surface area (Å²) >= 11 is 1.67. The molecule has 120 valence electrons. The van der Waals surface area contributed by atoms with Gasteiger partial charge in [0, 0.05) is 28.7 Å². The first kappa shape index (κ1) is 16.4. The number of hydrogen-bond acceptors (Lipinski definition) is 5. The van der Waals surface area contributed by atoms with Gasteiger partial charge in [0.05, 0.1) is 12.3 Å². The minimum Gasteiger partial charge on any atom is -0.493 e. The third-order valence-corrected chi connectivity index (χ3v) is 4.70. The van der Waals surface area contributed by atoms with E-state index in [1.54, 1.807) is 11.8 Å². The Bertz CT molecular complexity index is 683. The summed E-state index contributed by atoms with van der Waals surface area (Å²) in [4.78, 5) is 5.89. The van der Waals surface area contributed by atoms with Crippen molar-refractivity contribution in [1.82, 2.24) is 4.98 Å². The molecule has 1 aliphatic rings. The van der Waals surface area contributed by atoms with E-state index in [-0.39, 0.29) is 5.92 Å². The summed E-state index contributed by atoms with van der Waals surface area (Å²) in [6, 6.07) is 12.2. The minimum atomic E-state index is -0.670. The van der Waals surface area contributed by atoms with Crippen LogP contribution in [-0.2, 0) is 4.65 Å². The predicted octanol–water partition coefficient (Wildman–Crippen LogP) is 3.46. The van der Waals surface area contributed by atoms with Gasteiger partial charge in [-0.2, -0.15) is 0 Å². The Hall–Kier alpha value is -1.50. The van der Waals surface area contributed by atoms with Gasteiger partial charge >= 0.3 is 7.12 Å². The highest BCUT2D eigenvalue weighted by Crippen LogP contribution is 2.33. The fourth-order valence-electron chi connectivity index (χ4n) is 2.76. The van der Waals surface area contributed by atoms with Crippen molar-refractivity contribution in [1.29, 1.82) is 0 Å². The van der Waals surface area contributed by atoms with E-state index in [0.29, 0.717) is 19.5 Å². The monoisotopic (exact) mass is 329 g/mol. The summed E-state index contributed by atoms with van der Waals surface area (Å²) in [6.07, 6.45) is 2.65. The maximum Gasteiger partial charge on any atom is 0.454 e. The highest BCUT2D eigenvalue weighted by atomic mass is 32.2. The summed E-state index contributed by atoms with van der Waals surface area (Å²) in [5.74, 6) is 1.05. The first-order valence-electron chi connectivity index (χ1n) is 7.79. The SMILES string of the molecule is CCOc1cc(-c2cccc([C@H]3COB(O)C3)n2)ccc1SC. The van der Waals surface area contributed by atoms with E-state index in [1.807, 2.05) is 37.4 Å². The Labute approximate surface area is 141 Å². The lowest BCUT2D eigenvalue weighted by atomic mass is 9.81. The van der Waals surface area contributed by atoms with Gasteiger partial charge in [0.25, 0.3) is 0 Å². The summed E-state index contributed by atoms with van der Waals surface area (Å²) in [6.45, 7) is 3.15. The molecule has 1 fully saturated rings. The van der Waals surface area contributed by atoms with E-state index in [4.69, 9.17) is 14.4 Å². The van der Waals surface area contributed by atoms with Crippen molar-refractivity contribution in [3.8, 4) is 17.0 Å². The van der Waals surface area contributed by atoms with Crippen molar-refractivity contribution in [2.75, 3.05) is 19.5 Å². The number of rotatable bonds is 5. The van der Waals surface area contributed by atoms with Crippen LogP contribution in [0.15, 0.2) is 41.3 Å². The Kier molecular flexibility index (Phi) is 5.25. The molecule has 1 aromatic heterocycles. The largest absolute Gasteiger partial charge is 0.493 e. The van der Waals surface area contributed by atoms with Crippen LogP contribution < -0.4 is 4.74 Å². The quantitative estimate of drug-likeness (QED) is 0.672. The zero-order valence-electron chi connectivity index (χ0n) is 13.4. The molecule has 1 N–H and O–H groups in total. The third kappa shape index (κ3) is 3.71. The van der Waals surface area contributed by atoms with Crippen molar-refractivity contribution in [3.05, 3.63) is 42.1 Å². The summed E-state index contributed by atoms with van der Waals surface area (Å²) in [5.41, 5.74) is 2.91. The molecular weight excluding hydrogens is 309 g/mol. The molecule has 0 unspecified atom stereocenters. The summed E-state index contributed by atoms with van der Waals surface area (Å²) < 4.78 is 11.0. The second kappa shape index (κ2) is 7.38. The predicted molar refractivity (Wildman–Crippen MR) is 94.1 cm³/mol. The normalized spacial score (nSPS) is 17.5. The third-order valence-electron chi connectivity index (χ3n) is 3.92. The van der Waals surface area contributed by atoms with Gasteiger partial charge in [-0.15, -0.1) is 11.8 Å². The highest BCUT2D eigenvalue weighted by Gasteiger charge is 2.30. The van der Waals surface area contributed by atoms with Crippen LogP contribution in [0, 0.1) is 0 Å². The van der Waals surface area contributed by atoms with Crippen LogP contribution >= 0.6 is 11.8 Å². The standard InChI is InChI=1S/C17H20BNO3S/c1-3-21-16-9-12(7-8-17(16)23-2)14-5-4-6-15(19-14)13-10-18(20)22-11-13/h4-9,13,20H,3,10-11H2,1-2H3/t13-/m1/s1. The molecular formula is C17H20BNO3S. The van der Waals surface area contributed by atoms with Gasteiger partial charge < -0.3 is 14.4 Å². The van der Waals surface area contributed by atoms with Crippen molar-refractivity contribution in [3.63, 3.8) is 0 Å². The maximum absolute atomic E-state index is 9.53. The average Bonchev–Trinajstić information content (AvgIpc) is 3.02. The van der Waals surface area contributed by atoms with Crippen molar-refractivity contribution in [2.45, 2.75) is 24.1 Å². The Morgan fingerprint density at radius 2 is 2.26 bits per heavy atom. The maximum atomic E-state index is 9.53. The fraction of sp³-hybridized carbons (Fsp3) is 0.353. The smallest absolute Gasteiger partial charge is 0.454 e. The van der Waals surface area contributed by atoms with Gasteiger partial charge in [0.15, 0.2) is 0 Å². The van der Waals surface area contributed by atoms with Gasteiger partial charge in [0.1, 0.15) is 5.75 Å². The van der Waals surface area contributed by atoms with E-state index in [0.717, 1.165) is 27.6 Å². The van der Waals surface area contributed by atoms with Gasteiger partial charge in [-0.1, -0.05) is 12.1 Å². The number of aromatic nitrogens is 1. The van der Waals surface area contributed by atoms with Crippen LogP contribution in [0.3, 0.4) is 0 Å². The molecule has 4 nitrogen and oxygen atoms in total. The number of benzene rings is 1. The molecule has 3 rings (SSSR count). The molecule has 6 heteroatoms. The number of nitrogens with zero attached hydrogens (tertiary/aromatic N) is 1.